The molecule has 0 atom stereocenters. The standard InChI is InChI=1S/C9H18O3Si/c1-4-13(2,3)8-12-7-5-6-9(10)11/h4H,1,5-8H2,2-3H3,(H,10,11). The third-order valence-corrected chi connectivity index (χ3v) is 3.76. The van der Waals surface area contributed by atoms with Crippen LogP contribution in [0.15, 0.2) is 12.3 Å². The Morgan fingerprint density at radius 3 is 2.69 bits per heavy atom. The number of hydrogen-bond acceptors (Lipinski definition) is 2. The number of aliphatic carboxylic acids is 1. The van der Waals surface area contributed by atoms with E-state index in [0.717, 1.165) is 6.23 Å². The average molecular weight is 202 g/mol. The Morgan fingerprint density at radius 1 is 1.62 bits per heavy atom. The summed E-state index contributed by atoms with van der Waals surface area (Å²) in [6.45, 7) is 8.61. The van der Waals surface area contributed by atoms with E-state index in [1.165, 1.54) is 0 Å². The Balaban J connectivity index is 3.35. The van der Waals surface area contributed by atoms with Crippen LogP contribution in [0, 0.1) is 0 Å². The van der Waals surface area contributed by atoms with Crippen molar-refractivity contribution >= 4 is 14.0 Å². The summed E-state index contributed by atoms with van der Waals surface area (Å²) in [6.07, 6.45) is 1.52. The minimum Gasteiger partial charge on any atom is -0.481 e. The van der Waals surface area contributed by atoms with E-state index in [2.05, 4.69) is 19.7 Å². The molecule has 0 rings (SSSR count). The normalized spacial score (nSPS) is 11.2. The van der Waals surface area contributed by atoms with Crippen molar-refractivity contribution in [3.8, 4) is 0 Å². The van der Waals surface area contributed by atoms with Crippen molar-refractivity contribution in [3.05, 3.63) is 12.3 Å². The second-order valence-electron chi connectivity index (χ2n) is 3.74. The second kappa shape index (κ2) is 5.94. The molecule has 0 fully saturated rings. The highest BCUT2D eigenvalue weighted by atomic mass is 28.3. The van der Waals surface area contributed by atoms with Crippen molar-refractivity contribution in [1.82, 2.24) is 0 Å². The molecule has 0 aliphatic heterocycles. The fourth-order valence-corrected chi connectivity index (χ4v) is 1.51. The smallest absolute Gasteiger partial charge is 0.303 e. The molecule has 4 heteroatoms. The predicted molar refractivity (Wildman–Crippen MR) is 55.4 cm³/mol. The van der Waals surface area contributed by atoms with Crippen molar-refractivity contribution < 1.29 is 14.6 Å². The average Bonchev–Trinajstić information content (AvgIpc) is 2.03. The van der Waals surface area contributed by atoms with E-state index in [9.17, 15) is 4.79 Å². The first-order valence-corrected chi connectivity index (χ1v) is 7.69. The Morgan fingerprint density at radius 2 is 2.23 bits per heavy atom. The molecule has 0 aliphatic carbocycles. The molecule has 0 saturated heterocycles. The van der Waals surface area contributed by atoms with Gasteiger partial charge in [-0.3, -0.25) is 4.79 Å². The number of carbonyl (C=O) groups is 1. The van der Waals surface area contributed by atoms with Gasteiger partial charge in [-0.25, -0.2) is 0 Å². The summed E-state index contributed by atoms with van der Waals surface area (Å²) in [6, 6.07) is 0. The van der Waals surface area contributed by atoms with Gasteiger partial charge in [0.2, 0.25) is 0 Å². The maximum atomic E-state index is 10.2. The van der Waals surface area contributed by atoms with E-state index in [1.54, 1.807) is 0 Å². The SMILES string of the molecule is C=C[Si](C)(C)COCCCC(=O)O. The predicted octanol–water partition coefficient (Wildman–Crippen LogP) is 1.84. The molecule has 0 aliphatic rings. The minimum atomic E-state index is -1.36. The van der Waals surface area contributed by atoms with E-state index in [4.69, 9.17) is 9.84 Å². The maximum absolute atomic E-state index is 10.2. The molecule has 0 aromatic heterocycles. The highest BCUT2D eigenvalue weighted by Crippen LogP contribution is 2.03. The molecule has 76 valence electrons. The molecule has 0 amide bonds. The topological polar surface area (TPSA) is 46.5 Å². The Bertz CT molecular complexity index is 178. The van der Waals surface area contributed by atoms with Crippen LogP contribution < -0.4 is 0 Å². The Labute approximate surface area is 80.4 Å². The van der Waals surface area contributed by atoms with E-state index in [-0.39, 0.29) is 6.42 Å². The summed E-state index contributed by atoms with van der Waals surface area (Å²) < 4.78 is 5.37. The lowest BCUT2D eigenvalue weighted by atomic mass is 10.3. The molecule has 0 unspecified atom stereocenters. The Kier molecular flexibility index (Phi) is 5.66. The summed E-state index contributed by atoms with van der Waals surface area (Å²) in [7, 11) is -1.36. The number of hydrogen-bond donors (Lipinski definition) is 1. The molecule has 3 nitrogen and oxygen atoms in total. The minimum absolute atomic E-state index is 0.191. The molecule has 0 heterocycles. The van der Waals surface area contributed by atoms with Gasteiger partial charge in [0.1, 0.15) is 8.07 Å². The molecule has 0 saturated carbocycles. The van der Waals surface area contributed by atoms with Gasteiger partial charge < -0.3 is 9.84 Å². The van der Waals surface area contributed by atoms with Crippen LogP contribution in [0.25, 0.3) is 0 Å². The first kappa shape index (κ1) is 12.4. The maximum Gasteiger partial charge on any atom is 0.303 e. The van der Waals surface area contributed by atoms with Gasteiger partial charge in [-0.15, -0.1) is 6.58 Å². The van der Waals surface area contributed by atoms with Crippen molar-refractivity contribution in [2.24, 2.45) is 0 Å². The second-order valence-corrected chi connectivity index (χ2v) is 8.42. The van der Waals surface area contributed by atoms with E-state index >= 15 is 0 Å². The summed E-state index contributed by atoms with van der Waals surface area (Å²) >= 11 is 0. The first-order valence-electron chi connectivity index (χ1n) is 4.41. The highest BCUT2D eigenvalue weighted by molar-refractivity contribution is 6.82. The van der Waals surface area contributed by atoms with Crippen LogP contribution in [0.2, 0.25) is 13.1 Å². The zero-order valence-electron chi connectivity index (χ0n) is 8.38. The number of carboxylic acid groups (broad SMARTS) is 1. The molecule has 1 N–H and O–H groups in total. The van der Waals surface area contributed by atoms with Gasteiger partial charge in [0.25, 0.3) is 0 Å². The molecular weight excluding hydrogens is 184 g/mol. The van der Waals surface area contributed by atoms with Crippen LogP contribution in [-0.2, 0) is 9.53 Å². The number of ether oxygens (including phenoxy) is 1. The first-order chi connectivity index (χ1) is 5.98. The van der Waals surface area contributed by atoms with Crippen molar-refractivity contribution in [2.75, 3.05) is 12.8 Å². The monoisotopic (exact) mass is 202 g/mol. The fourth-order valence-electron chi connectivity index (χ4n) is 0.720. The van der Waals surface area contributed by atoms with Crippen molar-refractivity contribution in [3.63, 3.8) is 0 Å². The lowest BCUT2D eigenvalue weighted by molar-refractivity contribution is -0.137. The summed E-state index contributed by atoms with van der Waals surface area (Å²) in [5, 5.41) is 8.36. The lowest BCUT2D eigenvalue weighted by Gasteiger charge is -2.16. The van der Waals surface area contributed by atoms with E-state index < -0.39 is 14.0 Å². The van der Waals surface area contributed by atoms with Crippen molar-refractivity contribution in [1.29, 1.82) is 0 Å². The highest BCUT2D eigenvalue weighted by Gasteiger charge is 2.15. The molecule has 0 aromatic rings. The zero-order valence-corrected chi connectivity index (χ0v) is 9.38. The fraction of sp³-hybridized carbons (Fsp3) is 0.667. The van der Waals surface area contributed by atoms with Gasteiger partial charge in [0.15, 0.2) is 0 Å². The largest absolute Gasteiger partial charge is 0.481 e. The molecular formula is C9H18O3Si. The van der Waals surface area contributed by atoms with Gasteiger partial charge in [0.05, 0.1) is 0 Å². The van der Waals surface area contributed by atoms with Gasteiger partial charge >= 0.3 is 5.97 Å². The quantitative estimate of drug-likeness (QED) is 0.506. The number of rotatable bonds is 7. The van der Waals surface area contributed by atoms with E-state index in [0.29, 0.717) is 13.0 Å². The Hall–Kier alpha value is -0.613. The van der Waals surface area contributed by atoms with Crippen molar-refractivity contribution in [2.45, 2.75) is 25.9 Å². The van der Waals surface area contributed by atoms with E-state index in [1.807, 2.05) is 5.70 Å². The van der Waals surface area contributed by atoms with Crippen LogP contribution in [0.1, 0.15) is 12.8 Å². The van der Waals surface area contributed by atoms with Crippen LogP contribution in [0.3, 0.4) is 0 Å². The van der Waals surface area contributed by atoms with Crippen LogP contribution in [0.4, 0.5) is 0 Å². The number of carboxylic acids is 1. The third kappa shape index (κ3) is 7.74. The van der Waals surface area contributed by atoms with Crippen LogP contribution >= 0.6 is 0 Å². The van der Waals surface area contributed by atoms with Gasteiger partial charge in [-0.05, 0) is 6.42 Å². The van der Waals surface area contributed by atoms with Crippen LogP contribution in [0.5, 0.6) is 0 Å². The van der Waals surface area contributed by atoms with Gasteiger partial charge in [-0.2, -0.15) is 0 Å². The molecule has 0 aromatic carbocycles. The third-order valence-electron chi connectivity index (χ3n) is 1.71. The molecule has 0 bridgehead atoms. The van der Waals surface area contributed by atoms with Crippen LogP contribution in [-0.4, -0.2) is 32.0 Å². The molecule has 13 heavy (non-hydrogen) atoms. The molecule has 0 radical (unpaired) electrons. The zero-order chi connectivity index (χ0) is 10.3. The summed E-state index contributed by atoms with van der Waals surface area (Å²) in [5.41, 5.74) is 1.98. The van der Waals surface area contributed by atoms with Gasteiger partial charge in [0, 0.05) is 19.3 Å². The van der Waals surface area contributed by atoms with Gasteiger partial charge in [-0.1, -0.05) is 18.8 Å². The lowest BCUT2D eigenvalue weighted by Crippen LogP contribution is -2.30. The molecule has 0 spiro atoms. The summed E-state index contributed by atoms with van der Waals surface area (Å²) in [4.78, 5) is 10.2. The summed E-state index contributed by atoms with van der Waals surface area (Å²) in [5.74, 6) is -0.760.